The number of nitrogens with one attached hydrogen (secondary N) is 1. The van der Waals surface area contributed by atoms with Gasteiger partial charge in [-0.15, -0.1) is 0 Å². The Labute approximate surface area is 138 Å². The van der Waals surface area contributed by atoms with Crippen molar-refractivity contribution in [3.63, 3.8) is 0 Å². The molecular formula is C16H25ClN2O2S. The molecule has 0 aliphatic carbocycles. The van der Waals surface area contributed by atoms with Gasteiger partial charge in [-0.1, -0.05) is 30.7 Å². The molecule has 0 aromatic heterocycles. The van der Waals surface area contributed by atoms with Crippen molar-refractivity contribution in [2.75, 3.05) is 29.5 Å². The summed E-state index contributed by atoms with van der Waals surface area (Å²) in [5.41, 5.74) is 1.06. The number of benzene rings is 1. The van der Waals surface area contributed by atoms with Gasteiger partial charge in [0.15, 0.2) is 9.84 Å². The van der Waals surface area contributed by atoms with Gasteiger partial charge < -0.3 is 10.2 Å². The van der Waals surface area contributed by atoms with Crippen molar-refractivity contribution >= 4 is 27.1 Å². The van der Waals surface area contributed by atoms with E-state index < -0.39 is 9.84 Å². The van der Waals surface area contributed by atoms with Gasteiger partial charge in [-0.25, -0.2) is 8.42 Å². The summed E-state index contributed by atoms with van der Waals surface area (Å²) < 4.78 is 23.4. The first kappa shape index (κ1) is 17.6. The first-order chi connectivity index (χ1) is 10.4. The van der Waals surface area contributed by atoms with Gasteiger partial charge in [-0.2, -0.15) is 0 Å². The third-order valence-corrected chi connectivity index (χ3v) is 6.29. The monoisotopic (exact) mass is 344 g/mol. The summed E-state index contributed by atoms with van der Waals surface area (Å²) in [7, 11) is -2.94. The number of hydrogen-bond acceptors (Lipinski definition) is 4. The molecule has 0 saturated carbocycles. The van der Waals surface area contributed by atoms with E-state index in [2.05, 4.69) is 10.2 Å². The van der Waals surface area contributed by atoms with Crippen LogP contribution < -0.4 is 10.2 Å². The minimum Gasteiger partial charge on any atom is -0.369 e. The van der Waals surface area contributed by atoms with Crippen molar-refractivity contribution in [1.29, 1.82) is 0 Å². The number of rotatable bonds is 6. The Morgan fingerprint density at radius 2 is 2.14 bits per heavy atom. The second-order valence-corrected chi connectivity index (χ2v) is 8.81. The largest absolute Gasteiger partial charge is 0.369 e. The van der Waals surface area contributed by atoms with Crippen LogP contribution in [-0.4, -0.2) is 45.1 Å². The van der Waals surface area contributed by atoms with Crippen LogP contribution in [0.2, 0.25) is 5.02 Å². The fourth-order valence-corrected chi connectivity index (χ4v) is 4.34. The Balaban J connectivity index is 1.95. The minimum absolute atomic E-state index is 0.0267. The smallest absolute Gasteiger partial charge is 0.151 e. The molecule has 1 saturated heterocycles. The van der Waals surface area contributed by atoms with Gasteiger partial charge in [0.2, 0.25) is 0 Å². The lowest BCUT2D eigenvalue weighted by molar-refractivity contribution is 0.394. The average molecular weight is 345 g/mol. The summed E-state index contributed by atoms with van der Waals surface area (Å²) in [5, 5.41) is 4.23. The highest BCUT2D eigenvalue weighted by Crippen LogP contribution is 2.27. The fraction of sp³-hybridized carbons (Fsp3) is 0.625. The second kappa shape index (κ2) is 7.66. The van der Waals surface area contributed by atoms with Crippen LogP contribution in [0, 0.1) is 0 Å². The van der Waals surface area contributed by atoms with Crippen molar-refractivity contribution in [2.24, 2.45) is 0 Å². The van der Waals surface area contributed by atoms with Crippen molar-refractivity contribution < 1.29 is 8.42 Å². The SMILES string of the molecule is CCS(=O)(=O)C[C@H](C)N[C@H]1CCCN(c2ccccc2Cl)C1. The van der Waals surface area contributed by atoms with E-state index in [4.69, 9.17) is 11.6 Å². The molecule has 0 amide bonds. The number of para-hydroxylation sites is 1. The molecule has 0 bridgehead atoms. The van der Waals surface area contributed by atoms with Gasteiger partial charge in [-0.05, 0) is 31.9 Å². The molecule has 0 unspecified atom stereocenters. The first-order valence-electron chi connectivity index (χ1n) is 7.87. The third kappa shape index (κ3) is 4.86. The lowest BCUT2D eigenvalue weighted by Gasteiger charge is -2.36. The molecule has 6 heteroatoms. The molecular weight excluding hydrogens is 320 g/mol. The van der Waals surface area contributed by atoms with E-state index in [9.17, 15) is 8.42 Å². The highest BCUT2D eigenvalue weighted by atomic mass is 35.5. The van der Waals surface area contributed by atoms with Crippen LogP contribution in [0.1, 0.15) is 26.7 Å². The van der Waals surface area contributed by atoms with Crippen molar-refractivity contribution in [3.8, 4) is 0 Å². The molecule has 124 valence electrons. The summed E-state index contributed by atoms with van der Waals surface area (Å²) in [6.07, 6.45) is 2.15. The van der Waals surface area contributed by atoms with Gasteiger partial charge in [0.25, 0.3) is 0 Å². The van der Waals surface area contributed by atoms with E-state index in [1.165, 1.54) is 0 Å². The molecule has 22 heavy (non-hydrogen) atoms. The fourth-order valence-electron chi connectivity index (χ4n) is 2.99. The number of sulfone groups is 1. The van der Waals surface area contributed by atoms with Crippen LogP contribution in [0.4, 0.5) is 5.69 Å². The van der Waals surface area contributed by atoms with Crippen LogP contribution in [0.15, 0.2) is 24.3 Å². The summed E-state index contributed by atoms with van der Waals surface area (Å²) in [6, 6.07) is 8.14. The van der Waals surface area contributed by atoms with Gasteiger partial charge in [0.05, 0.1) is 16.5 Å². The normalized spacial score (nSPS) is 20.9. The predicted molar refractivity (Wildman–Crippen MR) is 93.6 cm³/mol. The topological polar surface area (TPSA) is 49.4 Å². The molecule has 4 nitrogen and oxygen atoms in total. The quantitative estimate of drug-likeness (QED) is 0.862. The maximum atomic E-state index is 11.7. The second-order valence-electron chi connectivity index (χ2n) is 6.00. The maximum absolute atomic E-state index is 11.7. The number of anilines is 1. The molecule has 1 fully saturated rings. The van der Waals surface area contributed by atoms with Crippen molar-refractivity contribution in [2.45, 2.75) is 38.8 Å². The van der Waals surface area contributed by atoms with Crippen LogP contribution in [0.3, 0.4) is 0 Å². The number of halogens is 1. The predicted octanol–water partition coefficient (Wildman–Crippen LogP) is 2.72. The molecule has 2 rings (SSSR count). The van der Waals surface area contributed by atoms with Crippen LogP contribution in [-0.2, 0) is 9.84 Å². The van der Waals surface area contributed by atoms with E-state index in [1.807, 2.05) is 31.2 Å². The molecule has 0 spiro atoms. The minimum atomic E-state index is -2.94. The molecule has 1 N–H and O–H groups in total. The van der Waals surface area contributed by atoms with Crippen LogP contribution >= 0.6 is 11.6 Å². The molecule has 2 atom stereocenters. The molecule has 1 aliphatic heterocycles. The van der Waals surface area contributed by atoms with E-state index >= 15 is 0 Å². The number of piperidine rings is 1. The Morgan fingerprint density at radius 3 is 2.82 bits per heavy atom. The highest BCUT2D eigenvalue weighted by molar-refractivity contribution is 7.91. The Bertz CT molecular complexity index is 592. The van der Waals surface area contributed by atoms with Gasteiger partial charge in [0.1, 0.15) is 0 Å². The zero-order valence-corrected chi connectivity index (χ0v) is 14.8. The zero-order chi connectivity index (χ0) is 16.2. The molecule has 1 aliphatic rings. The van der Waals surface area contributed by atoms with Crippen molar-refractivity contribution in [3.05, 3.63) is 29.3 Å². The summed E-state index contributed by atoms with van der Waals surface area (Å²) in [5.74, 6) is 0.404. The van der Waals surface area contributed by atoms with E-state index in [0.29, 0.717) is 6.04 Å². The van der Waals surface area contributed by atoms with Gasteiger partial charge in [-0.3, -0.25) is 0 Å². The van der Waals surface area contributed by atoms with Gasteiger partial charge in [0, 0.05) is 30.9 Å². The standard InChI is InChI=1S/C16H25ClN2O2S/c1-3-22(20,21)12-13(2)18-14-7-6-10-19(11-14)16-9-5-4-8-15(16)17/h4-5,8-9,13-14,18H,3,6-7,10-12H2,1-2H3/t13-,14-/m0/s1. The summed E-state index contributed by atoms with van der Waals surface area (Å²) in [4.78, 5) is 2.28. The Morgan fingerprint density at radius 1 is 1.41 bits per heavy atom. The molecule has 1 heterocycles. The molecule has 1 aromatic carbocycles. The first-order valence-corrected chi connectivity index (χ1v) is 10.1. The van der Waals surface area contributed by atoms with Gasteiger partial charge >= 0.3 is 0 Å². The van der Waals surface area contributed by atoms with E-state index in [1.54, 1.807) is 6.92 Å². The Kier molecular flexibility index (Phi) is 6.12. The van der Waals surface area contributed by atoms with Crippen molar-refractivity contribution in [1.82, 2.24) is 5.32 Å². The number of hydrogen-bond donors (Lipinski definition) is 1. The zero-order valence-electron chi connectivity index (χ0n) is 13.3. The molecule has 0 radical (unpaired) electrons. The Hall–Kier alpha value is -0.780. The van der Waals surface area contributed by atoms with Crippen LogP contribution in [0.25, 0.3) is 0 Å². The van der Waals surface area contributed by atoms with E-state index in [0.717, 1.165) is 36.6 Å². The number of nitrogens with zero attached hydrogens (tertiary/aromatic N) is 1. The molecule has 1 aromatic rings. The third-order valence-electron chi connectivity index (χ3n) is 4.08. The highest BCUT2D eigenvalue weighted by Gasteiger charge is 2.24. The van der Waals surface area contributed by atoms with Crippen LogP contribution in [0.5, 0.6) is 0 Å². The van der Waals surface area contributed by atoms with E-state index in [-0.39, 0.29) is 17.5 Å². The lowest BCUT2D eigenvalue weighted by atomic mass is 10.0. The summed E-state index contributed by atoms with van der Waals surface area (Å²) in [6.45, 7) is 5.49. The summed E-state index contributed by atoms with van der Waals surface area (Å²) >= 11 is 6.28. The average Bonchev–Trinajstić information content (AvgIpc) is 2.47. The lowest BCUT2D eigenvalue weighted by Crippen LogP contribution is -2.50. The maximum Gasteiger partial charge on any atom is 0.151 e.